The van der Waals surface area contributed by atoms with Crippen molar-refractivity contribution >= 4 is 17.2 Å². The monoisotopic (exact) mass is 384 g/mol. The summed E-state index contributed by atoms with van der Waals surface area (Å²) in [5, 5.41) is 13.0. The van der Waals surface area contributed by atoms with Crippen LogP contribution in [0.15, 0.2) is 30.3 Å². The van der Waals surface area contributed by atoms with Crippen LogP contribution in [-0.2, 0) is 6.61 Å². The molecule has 2 aromatic heterocycles. The number of aliphatic hydroxyl groups is 1. The molecule has 0 aliphatic carbocycles. The third-order valence-electron chi connectivity index (χ3n) is 4.64. The van der Waals surface area contributed by atoms with Gasteiger partial charge in [-0.3, -0.25) is 4.79 Å². The molecule has 6 nitrogen and oxygen atoms in total. The van der Waals surface area contributed by atoms with E-state index in [0.29, 0.717) is 10.7 Å². The molecule has 27 heavy (non-hydrogen) atoms. The first-order chi connectivity index (χ1) is 12.9. The van der Waals surface area contributed by atoms with Crippen LogP contribution in [0.2, 0.25) is 0 Å². The number of aryl methyl sites for hydroxylation is 3. The van der Waals surface area contributed by atoms with Crippen LogP contribution in [-0.4, -0.2) is 27.5 Å². The third kappa shape index (κ3) is 4.10. The number of carbonyl (C=O) groups excluding carboxylic acids is 1. The number of nitrogens with zero attached hydrogens (tertiary/aromatic N) is 1. The Balaban J connectivity index is 1.77. The minimum atomic E-state index is -0.394. The molecule has 7 heteroatoms. The number of aromatic amines is 1. The van der Waals surface area contributed by atoms with E-state index in [0.717, 1.165) is 21.8 Å². The number of hydrogen-bond donors (Lipinski definition) is 4. The van der Waals surface area contributed by atoms with Crippen LogP contribution in [0.3, 0.4) is 0 Å². The number of carbonyl (C=O) groups is 1. The van der Waals surface area contributed by atoms with E-state index in [4.69, 9.17) is 5.73 Å². The number of aliphatic hydroxyl groups excluding tert-OH is 1. The van der Waals surface area contributed by atoms with Gasteiger partial charge in [-0.1, -0.05) is 12.1 Å². The van der Waals surface area contributed by atoms with Crippen molar-refractivity contribution < 1.29 is 9.90 Å². The van der Waals surface area contributed by atoms with E-state index in [1.807, 2.05) is 19.1 Å². The largest absolute Gasteiger partial charge is 0.391 e. The number of benzene rings is 1. The van der Waals surface area contributed by atoms with Crippen molar-refractivity contribution in [1.29, 1.82) is 0 Å². The highest BCUT2D eigenvalue weighted by molar-refractivity contribution is 7.11. The fraction of sp³-hybridized carbons (Fsp3) is 0.300. The summed E-state index contributed by atoms with van der Waals surface area (Å²) >= 11 is 1.37. The van der Waals surface area contributed by atoms with E-state index in [2.05, 4.69) is 41.3 Å². The number of thiazole rings is 1. The molecule has 1 atom stereocenters. The van der Waals surface area contributed by atoms with Gasteiger partial charge in [0.25, 0.3) is 5.91 Å². The molecule has 5 N–H and O–H groups in total. The zero-order valence-electron chi connectivity index (χ0n) is 15.7. The predicted molar refractivity (Wildman–Crippen MR) is 108 cm³/mol. The Morgan fingerprint density at radius 1 is 1.26 bits per heavy atom. The molecule has 0 aliphatic heterocycles. The average Bonchev–Trinajstić information content (AvgIpc) is 3.28. The molecule has 1 aromatic carbocycles. The van der Waals surface area contributed by atoms with Gasteiger partial charge in [-0.05, 0) is 55.7 Å². The van der Waals surface area contributed by atoms with Gasteiger partial charge in [-0.25, -0.2) is 4.98 Å². The second kappa shape index (κ2) is 8.04. The van der Waals surface area contributed by atoms with Gasteiger partial charge in [0.1, 0.15) is 10.7 Å². The summed E-state index contributed by atoms with van der Waals surface area (Å²) in [6.45, 7) is 6.14. The molecule has 0 bridgehead atoms. The van der Waals surface area contributed by atoms with Gasteiger partial charge in [0.2, 0.25) is 0 Å². The molecule has 0 saturated carbocycles. The molecule has 0 radical (unpaired) electrons. The minimum Gasteiger partial charge on any atom is -0.391 e. The van der Waals surface area contributed by atoms with Gasteiger partial charge in [-0.2, -0.15) is 0 Å². The second-order valence-electron chi connectivity index (χ2n) is 6.57. The zero-order chi connectivity index (χ0) is 19.6. The predicted octanol–water partition coefficient (Wildman–Crippen LogP) is 2.99. The average molecular weight is 385 g/mol. The first kappa shape index (κ1) is 19.3. The lowest BCUT2D eigenvalue weighted by Gasteiger charge is -2.13. The first-order valence-electron chi connectivity index (χ1n) is 8.77. The molecule has 2 heterocycles. The van der Waals surface area contributed by atoms with Crippen LogP contribution in [0.25, 0.3) is 11.3 Å². The number of nitrogens with one attached hydrogen (secondary N) is 2. The van der Waals surface area contributed by atoms with Gasteiger partial charge < -0.3 is 21.1 Å². The van der Waals surface area contributed by atoms with Crippen LogP contribution in [0.5, 0.6) is 0 Å². The highest BCUT2D eigenvalue weighted by atomic mass is 32.1. The van der Waals surface area contributed by atoms with Crippen molar-refractivity contribution in [1.82, 2.24) is 15.3 Å². The summed E-state index contributed by atoms with van der Waals surface area (Å²) in [6.07, 6.45) is 0. The lowest BCUT2D eigenvalue weighted by Crippen LogP contribution is -2.33. The Kier molecular flexibility index (Phi) is 5.74. The summed E-state index contributed by atoms with van der Waals surface area (Å²) in [7, 11) is 0. The summed E-state index contributed by atoms with van der Waals surface area (Å²) in [6, 6.07) is 9.47. The van der Waals surface area contributed by atoms with Crippen LogP contribution in [0, 0.1) is 20.8 Å². The molecular weight excluding hydrogens is 360 g/mol. The molecule has 1 unspecified atom stereocenters. The smallest absolute Gasteiger partial charge is 0.268 e. The van der Waals surface area contributed by atoms with Gasteiger partial charge in [0.15, 0.2) is 0 Å². The molecule has 3 rings (SSSR count). The highest BCUT2D eigenvalue weighted by Gasteiger charge is 2.20. The van der Waals surface area contributed by atoms with Crippen LogP contribution >= 0.6 is 11.3 Å². The van der Waals surface area contributed by atoms with Crippen molar-refractivity contribution in [3.8, 4) is 11.3 Å². The molecular formula is C20H24N4O2S. The molecule has 142 valence electrons. The Morgan fingerprint density at radius 3 is 2.67 bits per heavy atom. The molecule has 0 saturated heterocycles. The Labute approximate surface area is 162 Å². The zero-order valence-corrected chi connectivity index (χ0v) is 16.5. The Bertz CT molecular complexity index is 961. The maximum absolute atomic E-state index is 12.6. The van der Waals surface area contributed by atoms with E-state index in [-0.39, 0.29) is 19.1 Å². The van der Waals surface area contributed by atoms with Crippen molar-refractivity contribution in [2.45, 2.75) is 33.4 Å². The van der Waals surface area contributed by atoms with Gasteiger partial charge in [0, 0.05) is 12.2 Å². The molecule has 0 aliphatic rings. The molecule has 0 fully saturated rings. The minimum absolute atomic E-state index is 0.0648. The maximum Gasteiger partial charge on any atom is 0.268 e. The van der Waals surface area contributed by atoms with E-state index < -0.39 is 6.04 Å². The Hall–Kier alpha value is -2.48. The normalized spacial score (nSPS) is 12.2. The van der Waals surface area contributed by atoms with Crippen molar-refractivity contribution in [3.05, 3.63) is 62.7 Å². The molecule has 1 amide bonds. The van der Waals surface area contributed by atoms with E-state index >= 15 is 0 Å². The lowest BCUT2D eigenvalue weighted by molar-refractivity contribution is 0.0933. The van der Waals surface area contributed by atoms with Gasteiger partial charge in [0.05, 0.1) is 23.2 Å². The van der Waals surface area contributed by atoms with Crippen molar-refractivity contribution in [2.24, 2.45) is 5.73 Å². The molecule has 3 aromatic rings. The number of amides is 1. The lowest BCUT2D eigenvalue weighted by atomic mass is 10.0. The second-order valence-corrected chi connectivity index (χ2v) is 7.68. The number of hydrogen-bond acceptors (Lipinski definition) is 5. The SMILES string of the molecule is Cc1ccc(-c2ccc(C(=O)NC(CN)c3nc(C)c(CO)s3)[nH]2)cc1C. The Morgan fingerprint density at radius 2 is 2.04 bits per heavy atom. The number of rotatable bonds is 6. The van der Waals surface area contributed by atoms with Gasteiger partial charge >= 0.3 is 0 Å². The fourth-order valence-corrected chi connectivity index (χ4v) is 3.80. The summed E-state index contributed by atoms with van der Waals surface area (Å²) < 4.78 is 0. The standard InChI is InChI=1S/C20H24N4O2S/c1-11-4-5-14(8-12(11)2)15-6-7-16(23-15)19(26)24-17(9-21)20-22-13(3)18(10-25)27-20/h4-8,17,23,25H,9-10,21H2,1-3H3,(H,24,26). The first-order valence-corrected chi connectivity index (χ1v) is 9.59. The highest BCUT2D eigenvalue weighted by Crippen LogP contribution is 2.24. The van der Waals surface area contributed by atoms with Crippen LogP contribution in [0.4, 0.5) is 0 Å². The summed E-state index contributed by atoms with van der Waals surface area (Å²) in [5.74, 6) is -0.237. The number of aromatic nitrogens is 2. The van der Waals surface area contributed by atoms with Gasteiger partial charge in [-0.15, -0.1) is 11.3 Å². The summed E-state index contributed by atoms with van der Waals surface area (Å²) in [4.78, 5) is 21.0. The van der Waals surface area contributed by atoms with Crippen molar-refractivity contribution in [2.75, 3.05) is 6.54 Å². The van der Waals surface area contributed by atoms with E-state index in [1.165, 1.54) is 22.5 Å². The fourth-order valence-electron chi connectivity index (χ4n) is 2.81. The summed E-state index contributed by atoms with van der Waals surface area (Å²) in [5.41, 5.74) is 11.4. The number of nitrogens with two attached hydrogens (primary N) is 1. The maximum atomic E-state index is 12.6. The van der Waals surface area contributed by atoms with Crippen molar-refractivity contribution in [3.63, 3.8) is 0 Å². The van der Waals surface area contributed by atoms with E-state index in [1.54, 1.807) is 6.07 Å². The molecule has 0 spiro atoms. The number of H-pyrrole nitrogens is 1. The topological polar surface area (TPSA) is 104 Å². The van der Waals surface area contributed by atoms with E-state index in [9.17, 15) is 9.90 Å². The third-order valence-corrected chi connectivity index (χ3v) is 5.90. The van der Waals surface area contributed by atoms with Crippen LogP contribution < -0.4 is 11.1 Å². The van der Waals surface area contributed by atoms with Crippen LogP contribution in [0.1, 0.15) is 43.2 Å². The quantitative estimate of drug-likeness (QED) is 0.524.